The average molecular weight is 422 g/mol. The van der Waals surface area contributed by atoms with Crippen molar-refractivity contribution in [3.8, 4) is 0 Å². The molecule has 0 radical (unpaired) electrons. The number of thioether (sulfide) groups is 1. The predicted octanol–water partition coefficient (Wildman–Crippen LogP) is 3.04. The molecule has 2 aliphatic rings. The Morgan fingerprint density at radius 3 is 2.79 bits per heavy atom. The number of halogens is 3. The van der Waals surface area contributed by atoms with E-state index in [4.69, 9.17) is 10.5 Å². The highest BCUT2D eigenvalue weighted by Crippen LogP contribution is 2.53. The van der Waals surface area contributed by atoms with E-state index in [-0.39, 0.29) is 17.9 Å². The summed E-state index contributed by atoms with van der Waals surface area (Å²) in [5.41, 5.74) is 4.28. The third-order valence-electron chi connectivity index (χ3n) is 5.26. The predicted molar refractivity (Wildman–Crippen MR) is 103 cm³/mol. The zero-order valence-electron chi connectivity index (χ0n) is 15.3. The molecule has 2 unspecified atom stereocenters. The molecule has 0 aliphatic carbocycles. The molecule has 0 saturated carbocycles. The van der Waals surface area contributed by atoms with E-state index in [1.165, 1.54) is 30.0 Å². The van der Waals surface area contributed by atoms with Gasteiger partial charge in [-0.15, -0.1) is 0 Å². The quantitative estimate of drug-likeness (QED) is 0.794. The number of aliphatic imine (C=N–C) groups is 1. The third-order valence-corrected chi connectivity index (χ3v) is 6.43. The van der Waals surface area contributed by atoms with Crippen molar-refractivity contribution in [1.82, 2.24) is 4.98 Å². The molecule has 29 heavy (non-hydrogen) atoms. The van der Waals surface area contributed by atoms with Crippen molar-refractivity contribution in [3.63, 3.8) is 0 Å². The van der Waals surface area contributed by atoms with Gasteiger partial charge in [0.05, 0.1) is 19.4 Å². The Balaban J connectivity index is 1.72. The summed E-state index contributed by atoms with van der Waals surface area (Å²) in [7, 11) is 0. The minimum absolute atomic E-state index is 0.146. The Hall–Kier alpha value is -2.59. The van der Waals surface area contributed by atoms with Crippen LogP contribution in [-0.4, -0.2) is 35.0 Å². The van der Waals surface area contributed by atoms with Gasteiger partial charge in [-0.1, -0.05) is 18.7 Å². The average Bonchev–Trinajstić information content (AvgIpc) is 3.00. The monoisotopic (exact) mass is 422 g/mol. The molecule has 1 saturated heterocycles. The number of pyridine rings is 1. The zero-order valence-corrected chi connectivity index (χ0v) is 16.2. The van der Waals surface area contributed by atoms with E-state index in [1.807, 2.05) is 6.92 Å². The number of carbonyl (C=O) groups excluding carboxylic acids is 1. The van der Waals surface area contributed by atoms with Gasteiger partial charge in [0.2, 0.25) is 0 Å². The van der Waals surface area contributed by atoms with Crippen LogP contribution in [0.15, 0.2) is 35.5 Å². The molecule has 2 aliphatic heterocycles. The molecular weight excluding hydrogens is 405 g/mol. The second-order valence-electron chi connectivity index (χ2n) is 7.29. The molecule has 4 rings (SSSR count). The van der Waals surface area contributed by atoms with Gasteiger partial charge < -0.3 is 15.8 Å². The number of nitrogens with zero attached hydrogens (tertiary/aromatic N) is 2. The van der Waals surface area contributed by atoms with Crippen LogP contribution in [0.1, 0.15) is 23.0 Å². The molecule has 152 valence electrons. The summed E-state index contributed by atoms with van der Waals surface area (Å²) in [5.74, 6) is -2.79. The van der Waals surface area contributed by atoms with Crippen LogP contribution in [0.4, 0.5) is 18.9 Å². The largest absolute Gasteiger partial charge is 0.379 e. The Kier molecular flexibility index (Phi) is 4.78. The molecule has 3 N–H and O–H groups in total. The van der Waals surface area contributed by atoms with E-state index in [0.29, 0.717) is 23.6 Å². The van der Waals surface area contributed by atoms with Crippen LogP contribution in [0.2, 0.25) is 0 Å². The topological polar surface area (TPSA) is 89.6 Å². The zero-order chi connectivity index (χ0) is 20.8. The van der Waals surface area contributed by atoms with Gasteiger partial charge in [-0.2, -0.15) is 0 Å². The smallest absolute Gasteiger partial charge is 0.277 e. The van der Waals surface area contributed by atoms with Gasteiger partial charge in [-0.3, -0.25) is 4.79 Å². The third kappa shape index (κ3) is 3.25. The molecule has 1 fully saturated rings. The lowest BCUT2D eigenvalue weighted by atomic mass is 9.70. The van der Waals surface area contributed by atoms with Crippen LogP contribution in [0.25, 0.3) is 0 Å². The van der Waals surface area contributed by atoms with Crippen molar-refractivity contribution in [2.45, 2.75) is 12.5 Å². The number of anilines is 1. The summed E-state index contributed by atoms with van der Waals surface area (Å²) < 4.78 is 47.4. The highest BCUT2D eigenvalue weighted by molar-refractivity contribution is 8.13. The Morgan fingerprint density at radius 1 is 1.24 bits per heavy atom. The Bertz CT molecular complexity index is 1030. The number of carbonyl (C=O) groups is 1. The van der Waals surface area contributed by atoms with Crippen molar-refractivity contribution in [2.24, 2.45) is 16.1 Å². The molecule has 10 heteroatoms. The van der Waals surface area contributed by atoms with E-state index in [1.54, 1.807) is 0 Å². The standard InChI is InChI=1S/C19H17F3N4O2S/c1-18-7-28-8-19(18,26-17(23)29-9-18)12-5-11(2-3-13(12)21)25-16(27)15-14(22)4-10(20)6-24-15/h2-6H,7-9H2,1H3,(H2,23,26)(H,25,27). The lowest BCUT2D eigenvalue weighted by Gasteiger charge is -2.42. The highest BCUT2D eigenvalue weighted by Gasteiger charge is 2.57. The summed E-state index contributed by atoms with van der Waals surface area (Å²) >= 11 is 1.38. The number of hydrogen-bond acceptors (Lipinski definition) is 6. The van der Waals surface area contributed by atoms with Crippen LogP contribution in [0, 0.1) is 22.9 Å². The maximum Gasteiger partial charge on any atom is 0.277 e. The van der Waals surface area contributed by atoms with E-state index in [9.17, 15) is 18.0 Å². The van der Waals surface area contributed by atoms with Crippen molar-refractivity contribution < 1.29 is 22.7 Å². The summed E-state index contributed by atoms with van der Waals surface area (Å²) in [6.07, 6.45) is 0.742. The first kappa shape index (κ1) is 19.7. The number of amides is 1. The van der Waals surface area contributed by atoms with Gasteiger partial charge in [-0.05, 0) is 18.2 Å². The van der Waals surface area contributed by atoms with Crippen LogP contribution >= 0.6 is 11.8 Å². The van der Waals surface area contributed by atoms with Crippen LogP contribution in [-0.2, 0) is 10.3 Å². The van der Waals surface area contributed by atoms with Gasteiger partial charge in [0.25, 0.3) is 5.91 Å². The number of nitrogens with two attached hydrogens (primary N) is 1. The lowest BCUT2D eigenvalue weighted by Crippen LogP contribution is -2.48. The molecule has 0 spiro atoms. The number of fused-ring (bicyclic) bond motifs is 1. The number of rotatable bonds is 3. The minimum Gasteiger partial charge on any atom is -0.379 e. The fourth-order valence-electron chi connectivity index (χ4n) is 3.65. The number of hydrogen-bond donors (Lipinski definition) is 2. The summed E-state index contributed by atoms with van der Waals surface area (Å²) in [6, 6.07) is 4.54. The summed E-state index contributed by atoms with van der Waals surface area (Å²) in [5, 5.41) is 2.80. The van der Waals surface area contributed by atoms with Crippen LogP contribution in [0.3, 0.4) is 0 Å². The van der Waals surface area contributed by atoms with Crippen molar-refractivity contribution >= 4 is 28.5 Å². The van der Waals surface area contributed by atoms with E-state index in [0.717, 1.165) is 6.20 Å². The van der Waals surface area contributed by atoms with Gasteiger partial charge in [0, 0.05) is 28.5 Å². The molecule has 0 bridgehead atoms. The number of amidine groups is 1. The molecule has 2 atom stereocenters. The van der Waals surface area contributed by atoms with Crippen molar-refractivity contribution in [1.29, 1.82) is 0 Å². The molecule has 3 heterocycles. The van der Waals surface area contributed by atoms with Crippen LogP contribution < -0.4 is 11.1 Å². The van der Waals surface area contributed by atoms with Gasteiger partial charge in [-0.25, -0.2) is 23.1 Å². The summed E-state index contributed by atoms with van der Waals surface area (Å²) in [4.78, 5) is 20.4. The highest BCUT2D eigenvalue weighted by atomic mass is 32.2. The van der Waals surface area contributed by atoms with Gasteiger partial charge in [0.15, 0.2) is 16.7 Å². The first-order chi connectivity index (χ1) is 13.7. The maximum absolute atomic E-state index is 14.9. The fourth-order valence-corrected chi connectivity index (χ4v) is 4.66. The van der Waals surface area contributed by atoms with Crippen molar-refractivity contribution in [3.05, 3.63) is 59.2 Å². The Labute approximate surface area is 168 Å². The first-order valence-electron chi connectivity index (χ1n) is 8.72. The minimum atomic E-state index is -1.10. The van der Waals surface area contributed by atoms with Crippen molar-refractivity contribution in [2.75, 3.05) is 24.3 Å². The molecule has 1 aromatic heterocycles. The molecule has 6 nitrogen and oxygen atoms in total. The fraction of sp³-hybridized carbons (Fsp3) is 0.316. The lowest BCUT2D eigenvalue weighted by molar-refractivity contribution is 0.101. The van der Waals surface area contributed by atoms with Crippen LogP contribution in [0.5, 0.6) is 0 Å². The first-order valence-corrected chi connectivity index (χ1v) is 9.71. The van der Waals surface area contributed by atoms with Gasteiger partial charge >= 0.3 is 0 Å². The number of aromatic nitrogens is 1. The SMILES string of the molecule is CC12COCC1(c1cc(NC(=O)c3ncc(F)cc3F)ccc1F)N=C(N)SC2. The molecule has 1 amide bonds. The van der Waals surface area contributed by atoms with E-state index in [2.05, 4.69) is 15.3 Å². The maximum atomic E-state index is 14.9. The van der Waals surface area contributed by atoms with E-state index >= 15 is 0 Å². The second kappa shape index (κ2) is 7.03. The second-order valence-corrected chi connectivity index (χ2v) is 8.28. The molecule has 2 aromatic rings. The Morgan fingerprint density at radius 2 is 2.03 bits per heavy atom. The normalized spacial score (nSPS) is 26.0. The van der Waals surface area contributed by atoms with E-state index < -0.39 is 40.0 Å². The number of nitrogens with one attached hydrogen (secondary N) is 1. The summed E-state index contributed by atoms with van der Waals surface area (Å²) in [6.45, 7) is 2.48. The number of ether oxygens (including phenoxy) is 1. The molecular formula is C19H17F3N4O2S. The molecule has 1 aromatic carbocycles. The number of benzene rings is 1. The van der Waals surface area contributed by atoms with Gasteiger partial charge in [0.1, 0.15) is 17.2 Å².